The maximum absolute atomic E-state index is 14.6. The van der Waals surface area contributed by atoms with E-state index < -0.39 is 29.1 Å². The third-order valence-corrected chi connectivity index (χ3v) is 9.95. The van der Waals surface area contributed by atoms with Crippen LogP contribution in [0.2, 0.25) is 0 Å². The fourth-order valence-electron chi connectivity index (χ4n) is 7.51. The van der Waals surface area contributed by atoms with Gasteiger partial charge >= 0.3 is 6.09 Å². The zero-order valence-corrected chi connectivity index (χ0v) is 30.3. The molecule has 3 aromatic rings. The molecule has 1 aromatic carbocycles. The first-order valence-electron chi connectivity index (χ1n) is 17.4. The Balaban J connectivity index is 1.41. The molecule has 0 N–H and O–H groups in total. The lowest BCUT2D eigenvalue weighted by atomic mass is 9.87. The SMILES string of the molecule is CCN(C(=O)c1cc(F)ccc1-n1c(C)c(C(=O)C2CCN(C(=O)[C@@H]3CCC(C)(C)N3C(=O)OC(C)(C)C)CC2)c2ccncc21)C(C)C. The number of halogens is 1. The number of benzene rings is 1. The van der Waals surface area contributed by atoms with Gasteiger partial charge in [0, 0.05) is 60.0 Å². The smallest absolute Gasteiger partial charge is 0.411 e. The van der Waals surface area contributed by atoms with E-state index in [1.54, 1.807) is 39.2 Å². The minimum absolute atomic E-state index is 0.0377. The number of rotatable bonds is 7. The molecular formula is C38H50FN5O5. The summed E-state index contributed by atoms with van der Waals surface area (Å²) in [5, 5.41) is 0.705. The molecule has 0 radical (unpaired) electrons. The van der Waals surface area contributed by atoms with Gasteiger partial charge in [-0.15, -0.1) is 0 Å². The molecule has 2 fully saturated rings. The van der Waals surface area contributed by atoms with E-state index in [0.29, 0.717) is 73.2 Å². The predicted octanol–water partition coefficient (Wildman–Crippen LogP) is 6.94. The van der Waals surface area contributed by atoms with Crippen molar-refractivity contribution in [1.82, 2.24) is 24.3 Å². The monoisotopic (exact) mass is 675 g/mol. The number of pyridine rings is 1. The standard InChI is InChI=1S/C38H50FN5O5/c1-10-42(23(2)3)34(46)28-21-26(39)11-12-29(28)43-24(4)32(27-14-18-40-22-31(27)43)33(45)25-15-19-41(20-16-25)35(47)30-13-17-38(8,9)44(30)36(48)49-37(5,6)7/h11-12,14,18,21-23,25,30H,10,13,15-17,19-20H2,1-9H3/t30-/m0/s1. The Bertz CT molecular complexity index is 1770. The van der Waals surface area contributed by atoms with Gasteiger partial charge in [-0.2, -0.15) is 0 Å². The minimum atomic E-state index is -0.683. The van der Waals surface area contributed by atoms with Crippen molar-refractivity contribution in [2.75, 3.05) is 19.6 Å². The van der Waals surface area contributed by atoms with E-state index in [9.17, 15) is 23.6 Å². The normalized spacial score (nSPS) is 18.3. The Morgan fingerprint density at radius 3 is 2.37 bits per heavy atom. The van der Waals surface area contributed by atoms with Crippen molar-refractivity contribution in [3.8, 4) is 5.69 Å². The number of Topliss-reactive ketones (excluding diaryl/α,β-unsaturated/α-hetero) is 1. The second-order valence-corrected chi connectivity index (χ2v) is 15.2. The first-order valence-corrected chi connectivity index (χ1v) is 17.4. The van der Waals surface area contributed by atoms with Crippen molar-refractivity contribution < 1.29 is 28.3 Å². The summed E-state index contributed by atoms with van der Waals surface area (Å²) < 4.78 is 22.2. The highest BCUT2D eigenvalue weighted by atomic mass is 19.1. The average molecular weight is 676 g/mol. The summed E-state index contributed by atoms with van der Waals surface area (Å²) in [5.41, 5.74) is 1.31. The minimum Gasteiger partial charge on any atom is -0.444 e. The van der Waals surface area contributed by atoms with Gasteiger partial charge in [-0.25, -0.2) is 9.18 Å². The van der Waals surface area contributed by atoms with Gasteiger partial charge in [-0.05, 0) is 112 Å². The molecule has 2 aliphatic rings. The van der Waals surface area contributed by atoms with Crippen LogP contribution in [0.4, 0.5) is 9.18 Å². The van der Waals surface area contributed by atoms with Gasteiger partial charge in [0.05, 0.1) is 23.0 Å². The molecule has 2 aromatic heterocycles. The van der Waals surface area contributed by atoms with Gasteiger partial charge in [-0.3, -0.25) is 24.3 Å². The first-order chi connectivity index (χ1) is 23.0. The van der Waals surface area contributed by atoms with Crippen LogP contribution < -0.4 is 0 Å². The number of ether oxygens (including phenoxy) is 1. The molecule has 2 aliphatic heterocycles. The molecule has 5 rings (SSSR count). The average Bonchev–Trinajstić information content (AvgIpc) is 3.51. The van der Waals surface area contributed by atoms with Crippen LogP contribution in [0, 0.1) is 18.7 Å². The number of hydrogen-bond donors (Lipinski definition) is 0. The van der Waals surface area contributed by atoms with Crippen molar-refractivity contribution in [2.24, 2.45) is 5.92 Å². The van der Waals surface area contributed by atoms with Crippen LogP contribution in [-0.2, 0) is 9.53 Å². The molecule has 1 atom stereocenters. The van der Waals surface area contributed by atoms with Crippen LogP contribution in [0.3, 0.4) is 0 Å². The molecule has 11 heteroatoms. The number of hydrogen-bond acceptors (Lipinski definition) is 6. The molecule has 264 valence electrons. The third-order valence-electron chi connectivity index (χ3n) is 9.95. The number of fused-ring (bicyclic) bond motifs is 1. The van der Waals surface area contributed by atoms with Crippen molar-refractivity contribution in [3.05, 3.63) is 59.3 Å². The van der Waals surface area contributed by atoms with E-state index in [4.69, 9.17) is 4.74 Å². The maximum Gasteiger partial charge on any atom is 0.411 e. The highest BCUT2D eigenvalue weighted by Gasteiger charge is 2.49. The van der Waals surface area contributed by atoms with E-state index in [1.807, 2.05) is 66.9 Å². The zero-order chi connectivity index (χ0) is 36.0. The van der Waals surface area contributed by atoms with Crippen LogP contribution in [-0.4, -0.2) is 90.8 Å². The Labute approximate surface area is 288 Å². The summed E-state index contributed by atoms with van der Waals surface area (Å²) in [6, 6.07) is 5.26. The van der Waals surface area contributed by atoms with E-state index in [2.05, 4.69) is 4.98 Å². The number of piperidine rings is 1. The topological polar surface area (TPSA) is 105 Å². The second kappa shape index (κ2) is 13.6. The van der Waals surface area contributed by atoms with Gasteiger partial charge in [0.1, 0.15) is 17.5 Å². The summed E-state index contributed by atoms with van der Waals surface area (Å²) in [4.78, 5) is 64.5. The van der Waals surface area contributed by atoms with E-state index in [0.717, 1.165) is 0 Å². The summed E-state index contributed by atoms with van der Waals surface area (Å²) in [5.74, 6) is -1.30. The molecule has 0 spiro atoms. The number of aromatic nitrogens is 2. The molecule has 3 amide bonds. The van der Waals surface area contributed by atoms with Crippen molar-refractivity contribution in [1.29, 1.82) is 0 Å². The number of amides is 3. The van der Waals surface area contributed by atoms with Crippen LogP contribution >= 0.6 is 0 Å². The fourth-order valence-corrected chi connectivity index (χ4v) is 7.51. The second-order valence-electron chi connectivity index (χ2n) is 15.2. The Morgan fingerprint density at radius 1 is 1.08 bits per heavy atom. The number of carbonyl (C=O) groups excluding carboxylic acids is 4. The number of carbonyl (C=O) groups is 4. The number of likely N-dealkylation sites (tertiary alicyclic amines) is 2. The van der Waals surface area contributed by atoms with Gasteiger partial charge in [0.15, 0.2) is 5.78 Å². The molecule has 2 saturated heterocycles. The summed E-state index contributed by atoms with van der Waals surface area (Å²) in [6.07, 6.45) is 5.00. The van der Waals surface area contributed by atoms with Crippen LogP contribution in [0.25, 0.3) is 16.6 Å². The van der Waals surface area contributed by atoms with Crippen LogP contribution in [0.15, 0.2) is 36.7 Å². The molecule has 0 aliphatic carbocycles. The molecular weight excluding hydrogens is 625 g/mol. The van der Waals surface area contributed by atoms with Gasteiger partial charge in [-0.1, -0.05) is 0 Å². The molecule has 4 heterocycles. The Morgan fingerprint density at radius 2 is 1.76 bits per heavy atom. The molecule has 10 nitrogen and oxygen atoms in total. The predicted molar refractivity (Wildman–Crippen MR) is 186 cm³/mol. The van der Waals surface area contributed by atoms with E-state index in [1.165, 1.54) is 12.1 Å². The summed E-state index contributed by atoms with van der Waals surface area (Å²) in [6.45, 7) is 18.2. The Hall–Kier alpha value is -4.28. The lowest BCUT2D eigenvalue weighted by Gasteiger charge is -2.39. The van der Waals surface area contributed by atoms with Gasteiger partial charge in [0.25, 0.3) is 5.91 Å². The molecule has 0 unspecified atom stereocenters. The number of nitrogens with zero attached hydrogens (tertiary/aromatic N) is 5. The van der Waals surface area contributed by atoms with Crippen LogP contribution in [0.1, 0.15) is 107 Å². The first kappa shape index (κ1) is 36.0. The lowest BCUT2D eigenvalue weighted by molar-refractivity contribution is -0.138. The summed E-state index contributed by atoms with van der Waals surface area (Å²) in [7, 11) is 0. The zero-order valence-electron chi connectivity index (χ0n) is 30.3. The quantitative estimate of drug-likeness (QED) is 0.251. The largest absolute Gasteiger partial charge is 0.444 e. The van der Waals surface area contributed by atoms with Gasteiger partial charge < -0.3 is 19.1 Å². The number of ketones is 1. The lowest BCUT2D eigenvalue weighted by Crippen LogP contribution is -2.55. The molecule has 0 saturated carbocycles. The maximum atomic E-state index is 14.6. The Kier molecular flexibility index (Phi) is 9.96. The molecule has 0 bridgehead atoms. The highest BCUT2D eigenvalue weighted by Crippen LogP contribution is 2.38. The summed E-state index contributed by atoms with van der Waals surface area (Å²) >= 11 is 0. The van der Waals surface area contributed by atoms with Crippen molar-refractivity contribution in [2.45, 2.75) is 111 Å². The van der Waals surface area contributed by atoms with Crippen molar-refractivity contribution >= 4 is 34.6 Å². The molecule has 49 heavy (non-hydrogen) atoms. The van der Waals surface area contributed by atoms with Crippen molar-refractivity contribution in [3.63, 3.8) is 0 Å². The van der Waals surface area contributed by atoms with E-state index in [-0.39, 0.29) is 35.1 Å². The van der Waals surface area contributed by atoms with E-state index >= 15 is 0 Å². The highest BCUT2D eigenvalue weighted by molar-refractivity contribution is 6.11. The van der Waals surface area contributed by atoms with Gasteiger partial charge in [0.2, 0.25) is 5.91 Å². The van der Waals surface area contributed by atoms with Crippen LogP contribution in [0.5, 0.6) is 0 Å². The third kappa shape index (κ3) is 6.94. The fraction of sp³-hybridized carbons (Fsp3) is 0.553.